The quantitative estimate of drug-likeness (QED) is 0.525. The Morgan fingerprint density at radius 2 is 1.81 bits per heavy atom. The summed E-state index contributed by atoms with van der Waals surface area (Å²) in [5.41, 5.74) is 2.22. The van der Waals surface area contributed by atoms with Gasteiger partial charge in [-0.15, -0.1) is 0 Å². The van der Waals surface area contributed by atoms with Gasteiger partial charge in [-0.1, -0.05) is 29.3 Å². The van der Waals surface area contributed by atoms with Crippen molar-refractivity contribution in [2.24, 2.45) is 0 Å². The van der Waals surface area contributed by atoms with Gasteiger partial charge in [0.15, 0.2) is 0 Å². The molecule has 3 amide bonds. The molecule has 0 fully saturated rings. The second kappa shape index (κ2) is 7.85. The van der Waals surface area contributed by atoms with Crippen LogP contribution in [0.2, 0.25) is 10.0 Å². The lowest BCUT2D eigenvalue weighted by Gasteiger charge is -2.29. The maximum Gasteiger partial charge on any atom is 0.319 e. The summed E-state index contributed by atoms with van der Waals surface area (Å²) in [5, 5.41) is 9.02. The molecule has 1 heterocycles. The lowest BCUT2D eigenvalue weighted by molar-refractivity contribution is -0.113. The summed E-state index contributed by atoms with van der Waals surface area (Å²) in [5.74, 6) is -0.313. The van der Waals surface area contributed by atoms with Gasteiger partial charge in [-0.05, 0) is 71.5 Å². The van der Waals surface area contributed by atoms with Crippen LogP contribution in [0.5, 0.6) is 0 Å². The van der Waals surface area contributed by atoms with Gasteiger partial charge in [0.2, 0.25) is 0 Å². The Balaban J connectivity index is 1.95. The number of amides is 3. The Morgan fingerprint density at radius 3 is 2.46 bits per heavy atom. The fourth-order valence-electron chi connectivity index (χ4n) is 2.67. The first-order valence-electron chi connectivity index (χ1n) is 7.65. The van der Waals surface area contributed by atoms with E-state index in [0.717, 1.165) is 3.57 Å². The number of anilines is 1. The summed E-state index contributed by atoms with van der Waals surface area (Å²) in [4.78, 5) is 24.8. The molecule has 8 heteroatoms. The summed E-state index contributed by atoms with van der Waals surface area (Å²) in [7, 11) is 0. The van der Waals surface area contributed by atoms with E-state index in [1.54, 1.807) is 25.1 Å². The Bertz CT molecular complexity index is 913. The van der Waals surface area contributed by atoms with Crippen molar-refractivity contribution in [1.29, 1.82) is 0 Å². The van der Waals surface area contributed by atoms with Gasteiger partial charge in [0, 0.05) is 15.0 Å². The van der Waals surface area contributed by atoms with Crippen LogP contribution in [0.3, 0.4) is 0 Å². The average molecular weight is 502 g/mol. The third-order valence-electron chi connectivity index (χ3n) is 3.89. The summed E-state index contributed by atoms with van der Waals surface area (Å²) in [6.07, 6.45) is 0. The molecule has 3 N–H and O–H groups in total. The van der Waals surface area contributed by atoms with Crippen LogP contribution >= 0.6 is 45.8 Å². The van der Waals surface area contributed by atoms with Crippen molar-refractivity contribution < 1.29 is 9.59 Å². The molecule has 0 aliphatic carbocycles. The molecule has 0 spiro atoms. The van der Waals surface area contributed by atoms with Crippen LogP contribution in [-0.2, 0) is 4.79 Å². The number of nitrogens with one attached hydrogen (secondary N) is 3. The largest absolute Gasteiger partial charge is 0.327 e. The van der Waals surface area contributed by atoms with E-state index in [4.69, 9.17) is 23.2 Å². The Morgan fingerprint density at radius 1 is 1.12 bits per heavy atom. The smallest absolute Gasteiger partial charge is 0.319 e. The van der Waals surface area contributed by atoms with Crippen LogP contribution < -0.4 is 16.0 Å². The lowest BCUT2D eigenvalue weighted by Crippen LogP contribution is -2.45. The molecule has 0 unspecified atom stereocenters. The molecular weight excluding hydrogens is 488 g/mol. The Hall–Kier alpha value is -1.77. The van der Waals surface area contributed by atoms with Crippen molar-refractivity contribution in [1.82, 2.24) is 10.6 Å². The van der Waals surface area contributed by atoms with Gasteiger partial charge >= 0.3 is 6.03 Å². The number of benzene rings is 2. The molecule has 0 saturated heterocycles. The van der Waals surface area contributed by atoms with Crippen LogP contribution in [0.1, 0.15) is 18.5 Å². The van der Waals surface area contributed by atoms with E-state index >= 15 is 0 Å². The number of carbonyl (C=O) groups is 2. The van der Waals surface area contributed by atoms with Crippen LogP contribution in [0.15, 0.2) is 53.7 Å². The highest BCUT2D eigenvalue weighted by atomic mass is 127. The number of hydrogen-bond donors (Lipinski definition) is 3. The van der Waals surface area contributed by atoms with Gasteiger partial charge in [-0.3, -0.25) is 4.79 Å². The topological polar surface area (TPSA) is 70.2 Å². The van der Waals surface area contributed by atoms with Crippen molar-refractivity contribution >= 4 is 63.4 Å². The molecule has 1 aliphatic heterocycles. The fraction of sp³-hybridized carbons (Fsp3) is 0.111. The summed E-state index contributed by atoms with van der Waals surface area (Å²) < 4.78 is 1.07. The molecule has 0 saturated carbocycles. The maximum absolute atomic E-state index is 12.9. The highest BCUT2D eigenvalue weighted by molar-refractivity contribution is 14.1. The highest BCUT2D eigenvalue weighted by Gasteiger charge is 2.31. The third-order valence-corrected chi connectivity index (χ3v) is 5.35. The fourth-order valence-corrected chi connectivity index (χ4v) is 3.33. The molecule has 0 bridgehead atoms. The van der Waals surface area contributed by atoms with E-state index < -0.39 is 6.04 Å². The van der Waals surface area contributed by atoms with E-state index in [0.29, 0.717) is 32.6 Å². The summed E-state index contributed by atoms with van der Waals surface area (Å²) in [6, 6.07) is 11.4. The molecule has 2 aromatic carbocycles. The number of carbonyl (C=O) groups excluding carboxylic acids is 2. The van der Waals surface area contributed by atoms with Crippen molar-refractivity contribution in [2.45, 2.75) is 13.0 Å². The van der Waals surface area contributed by atoms with Gasteiger partial charge < -0.3 is 16.0 Å². The van der Waals surface area contributed by atoms with Gasteiger partial charge in [-0.2, -0.15) is 0 Å². The van der Waals surface area contributed by atoms with Crippen molar-refractivity contribution in [3.05, 3.63) is 72.9 Å². The second-order valence-corrected chi connectivity index (χ2v) is 7.76. The van der Waals surface area contributed by atoms with Gasteiger partial charge in [0.05, 0.1) is 21.7 Å². The molecule has 0 aromatic heterocycles. The first kappa shape index (κ1) is 19.0. The van der Waals surface area contributed by atoms with E-state index in [9.17, 15) is 9.59 Å². The molecule has 2 aromatic rings. The van der Waals surface area contributed by atoms with E-state index in [2.05, 4.69) is 38.5 Å². The highest BCUT2D eigenvalue weighted by Crippen LogP contribution is 2.32. The molecule has 3 rings (SSSR count). The van der Waals surface area contributed by atoms with Crippen LogP contribution in [0.25, 0.3) is 0 Å². The number of hydrogen-bond acceptors (Lipinski definition) is 2. The second-order valence-electron chi connectivity index (χ2n) is 5.70. The van der Waals surface area contributed by atoms with Crippen molar-refractivity contribution in [3.63, 3.8) is 0 Å². The molecule has 26 heavy (non-hydrogen) atoms. The number of halogens is 3. The van der Waals surface area contributed by atoms with Crippen LogP contribution in [0.4, 0.5) is 10.5 Å². The van der Waals surface area contributed by atoms with Gasteiger partial charge in [0.25, 0.3) is 5.91 Å². The summed E-state index contributed by atoms with van der Waals surface area (Å²) in [6.45, 7) is 1.69. The minimum Gasteiger partial charge on any atom is -0.327 e. The first-order valence-corrected chi connectivity index (χ1v) is 9.49. The number of allylic oxidation sites excluding steroid dienone is 1. The SMILES string of the molecule is CC1=C(C(=O)Nc2ccc(I)cc2)[C@H](c2ccc(Cl)c(Cl)c2)NC(=O)N1. The molecule has 1 atom stereocenters. The minimum absolute atomic E-state index is 0.313. The van der Waals surface area contributed by atoms with E-state index in [-0.39, 0.29) is 11.9 Å². The van der Waals surface area contributed by atoms with Crippen molar-refractivity contribution in [2.75, 3.05) is 5.32 Å². The average Bonchev–Trinajstić information content (AvgIpc) is 2.58. The zero-order valence-electron chi connectivity index (χ0n) is 13.6. The van der Waals surface area contributed by atoms with E-state index in [1.165, 1.54) is 0 Å². The van der Waals surface area contributed by atoms with Crippen LogP contribution in [-0.4, -0.2) is 11.9 Å². The molecule has 0 radical (unpaired) electrons. The maximum atomic E-state index is 12.9. The zero-order valence-corrected chi connectivity index (χ0v) is 17.2. The standard InChI is InChI=1S/C18H14Cl2IN3O2/c1-9-15(17(25)23-12-5-3-11(21)4-6-12)16(24-18(26)22-9)10-2-7-13(19)14(20)8-10/h2-8,16H,1H3,(H,23,25)(H2,22,24,26)/t16-/m0/s1. The molecule has 1 aliphatic rings. The number of rotatable bonds is 3. The monoisotopic (exact) mass is 501 g/mol. The minimum atomic E-state index is -0.637. The zero-order chi connectivity index (χ0) is 18.8. The number of urea groups is 1. The van der Waals surface area contributed by atoms with Crippen LogP contribution in [0, 0.1) is 3.57 Å². The Kier molecular flexibility index (Phi) is 5.74. The normalized spacial score (nSPS) is 16.8. The van der Waals surface area contributed by atoms with Gasteiger partial charge in [-0.25, -0.2) is 4.79 Å². The predicted octanol–water partition coefficient (Wildman–Crippen LogP) is 4.86. The molecule has 134 valence electrons. The van der Waals surface area contributed by atoms with E-state index in [1.807, 2.05) is 24.3 Å². The third kappa shape index (κ3) is 4.13. The van der Waals surface area contributed by atoms with Gasteiger partial charge in [0.1, 0.15) is 0 Å². The molecule has 5 nitrogen and oxygen atoms in total. The predicted molar refractivity (Wildman–Crippen MR) is 111 cm³/mol. The molecular formula is C18H14Cl2IN3O2. The Labute approximate surface area is 174 Å². The van der Waals surface area contributed by atoms with Crippen molar-refractivity contribution in [3.8, 4) is 0 Å². The lowest BCUT2D eigenvalue weighted by atomic mass is 9.95. The first-order chi connectivity index (χ1) is 12.3. The summed E-state index contributed by atoms with van der Waals surface area (Å²) >= 11 is 14.3.